The minimum atomic E-state index is -1.64. The van der Waals surface area contributed by atoms with Crippen LogP contribution in [0.1, 0.15) is 6.92 Å². The predicted octanol–water partition coefficient (Wildman–Crippen LogP) is -4.37. The molecule has 7 N–H and O–H groups in total. The van der Waals surface area contributed by atoms with Crippen LogP contribution in [0.15, 0.2) is 0 Å². The van der Waals surface area contributed by atoms with E-state index in [2.05, 4.69) is 0 Å². The largest absolute Gasteiger partial charge is 0.394 e. The van der Waals surface area contributed by atoms with Gasteiger partial charge < -0.3 is 50.0 Å². The van der Waals surface area contributed by atoms with Crippen LogP contribution in [0.25, 0.3) is 0 Å². The van der Waals surface area contributed by atoms with Gasteiger partial charge in [0, 0.05) is 0 Å². The summed E-state index contributed by atoms with van der Waals surface area (Å²) in [5.41, 5.74) is 0. The Bertz CT molecular complexity index is 366. The maximum Gasteiger partial charge on any atom is 0.187 e. The van der Waals surface area contributed by atoms with Gasteiger partial charge in [0.2, 0.25) is 0 Å². The Morgan fingerprint density at radius 1 is 0.818 bits per heavy atom. The van der Waals surface area contributed by atoms with Crippen LogP contribution in [-0.2, 0) is 14.2 Å². The average Bonchev–Trinajstić information content (AvgIpc) is 2.49. The number of rotatable bonds is 3. The Hall–Kier alpha value is -0.400. The molecule has 2 rings (SSSR count). The molecule has 0 amide bonds. The molecule has 2 fully saturated rings. The first-order valence-corrected chi connectivity index (χ1v) is 6.93. The highest BCUT2D eigenvalue weighted by molar-refractivity contribution is 4.92. The predicted molar refractivity (Wildman–Crippen MR) is 67.2 cm³/mol. The van der Waals surface area contributed by atoms with Gasteiger partial charge in [-0.1, -0.05) is 0 Å². The van der Waals surface area contributed by atoms with Gasteiger partial charge in [0.05, 0.1) is 12.7 Å². The first kappa shape index (κ1) is 17.9. The van der Waals surface area contributed by atoms with E-state index < -0.39 is 68.0 Å². The molecule has 0 unspecified atom stereocenters. The Morgan fingerprint density at radius 3 is 2.05 bits per heavy atom. The van der Waals surface area contributed by atoms with E-state index in [9.17, 15) is 30.6 Å². The summed E-state index contributed by atoms with van der Waals surface area (Å²) in [6, 6.07) is 0. The fraction of sp³-hybridized carbons (Fsp3) is 1.00. The minimum absolute atomic E-state index is 0.620. The van der Waals surface area contributed by atoms with E-state index in [1.165, 1.54) is 6.92 Å². The van der Waals surface area contributed by atoms with Crippen molar-refractivity contribution >= 4 is 0 Å². The zero-order valence-corrected chi connectivity index (χ0v) is 11.8. The highest BCUT2D eigenvalue weighted by Gasteiger charge is 2.49. The van der Waals surface area contributed by atoms with Crippen LogP contribution in [0.3, 0.4) is 0 Å². The van der Waals surface area contributed by atoms with E-state index in [0.29, 0.717) is 0 Å². The summed E-state index contributed by atoms with van der Waals surface area (Å²) in [5, 5.41) is 67.2. The number of aliphatic hydroxyl groups is 7. The number of hydrogen-bond acceptors (Lipinski definition) is 10. The summed E-state index contributed by atoms with van der Waals surface area (Å²) in [6.45, 7) is 0.846. The molecule has 0 radical (unpaired) electrons. The molecule has 130 valence electrons. The number of hydrogen-bond donors (Lipinski definition) is 7. The summed E-state index contributed by atoms with van der Waals surface area (Å²) in [5.74, 6) is 0. The van der Waals surface area contributed by atoms with E-state index in [1.807, 2.05) is 0 Å². The summed E-state index contributed by atoms with van der Waals surface area (Å²) >= 11 is 0. The first-order valence-electron chi connectivity index (χ1n) is 6.93. The molecule has 10 heteroatoms. The van der Waals surface area contributed by atoms with E-state index in [4.69, 9.17) is 19.3 Å². The van der Waals surface area contributed by atoms with Crippen LogP contribution in [0, 0.1) is 0 Å². The molecule has 0 aromatic heterocycles. The molecule has 22 heavy (non-hydrogen) atoms. The monoisotopic (exact) mass is 326 g/mol. The lowest BCUT2D eigenvalue weighted by Crippen LogP contribution is -2.63. The molecule has 2 heterocycles. The maximum absolute atomic E-state index is 9.92. The van der Waals surface area contributed by atoms with Crippen molar-refractivity contribution in [1.82, 2.24) is 0 Å². The highest BCUT2D eigenvalue weighted by atomic mass is 16.7. The van der Waals surface area contributed by atoms with Gasteiger partial charge in [-0.15, -0.1) is 0 Å². The van der Waals surface area contributed by atoms with Gasteiger partial charge in [-0.25, -0.2) is 0 Å². The van der Waals surface area contributed by atoms with Crippen molar-refractivity contribution in [3.8, 4) is 0 Å². The SMILES string of the molecule is C[C@@H]1O[C@@H](O)[C@@H](O)[C@H](O)[C@@H]1O[C@H]1O[C@H](CO)[C@@H](O)[C@H](O)[C@H]1O. The molecular weight excluding hydrogens is 304 g/mol. The van der Waals surface area contributed by atoms with Crippen LogP contribution in [0.5, 0.6) is 0 Å². The smallest absolute Gasteiger partial charge is 0.187 e. The minimum Gasteiger partial charge on any atom is -0.394 e. The third-order valence-electron chi connectivity index (χ3n) is 3.94. The van der Waals surface area contributed by atoms with E-state index in [0.717, 1.165) is 0 Å². The summed E-state index contributed by atoms with van der Waals surface area (Å²) in [4.78, 5) is 0. The van der Waals surface area contributed by atoms with Gasteiger partial charge in [0.25, 0.3) is 0 Å². The Kier molecular flexibility index (Phi) is 5.72. The summed E-state index contributed by atoms with van der Waals surface area (Å²) < 4.78 is 15.5. The summed E-state index contributed by atoms with van der Waals surface area (Å²) in [7, 11) is 0. The second-order valence-electron chi connectivity index (χ2n) is 5.51. The quantitative estimate of drug-likeness (QED) is 0.269. The number of aliphatic hydroxyl groups excluding tert-OH is 7. The van der Waals surface area contributed by atoms with Crippen molar-refractivity contribution in [3.05, 3.63) is 0 Å². The lowest BCUT2D eigenvalue weighted by molar-refractivity contribution is -0.351. The van der Waals surface area contributed by atoms with Crippen LogP contribution in [0.4, 0.5) is 0 Å². The zero-order chi connectivity index (χ0) is 16.6. The Morgan fingerprint density at radius 2 is 1.45 bits per heavy atom. The van der Waals surface area contributed by atoms with Gasteiger partial charge in [0.15, 0.2) is 12.6 Å². The molecule has 0 bridgehead atoms. The van der Waals surface area contributed by atoms with Crippen molar-refractivity contribution in [1.29, 1.82) is 0 Å². The first-order chi connectivity index (χ1) is 10.3. The molecule has 2 aliphatic rings. The summed E-state index contributed by atoms with van der Waals surface area (Å²) in [6.07, 6.45) is -14.2. The average molecular weight is 326 g/mol. The van der Waals surface area contributed by atoms with Gasteiger partial charge in [0.1, 0.15) is 42.7 Å². The molecular formula is C12H22O10. The third-order valence-corrected chi connectivity index (χ3v) is 3.94. The van der Waals surface area contributed by atoms with Crippen LogP contribution in [0.2, 0.25) is 0 Å². The highest BCUT2D eigenvalue weighted by Crippen LogP contribution is 2.28. The van der Waals surface area contributed by atoms with Gasteiger partial charge in [-0.05, 0) is 6.92 Å². The molecule has 2 aliphatic heterocycles. The Labute approximate surface area is 126 Å². The molecule has 0 spiro atoms. The third kappa shape index (κ3) is 3.26. The van der Waals surface area contributed by atoms with Gasteiger partial charge >= 0.3 is 0 Å². The molecule has 0 aliphatic carbocycles. The molecule has 0 saturated carbocycles. The molecule has 10 atom stereocenters. The Balaban J connectivity index is 2.08. The van der Waals surface area contributed by atoms with Crippen molar-refractivity contribution in [2.45, 2.75) is 68.3 Å². The van der Waals surface area contributed by atoms with Crippen molar-refractivity contribution < 1.29 is 50.0 Å². The zero-order valence-electron chi connectivity index (χ0n) is 11.8. The fourth-order valence-electron chi connectivity index (χ4n) is 2.54. The second kappa shape index (κ2) is 7.01. The standard InChI is InChI=1S/C12H22O10/c1-3-10(7(16)8(17)11(19)20-3)22-12-9(18)6(15)5(14)4(2-13)21-12/h3-19H,2H2,1H3/t3-,4+,5+,6-,7-,8-,9+,10+,11+,12+/m0/s1. The normalized spacial score (nSPS) is 53.5. The van der Waals surface area contributed by atoms with E-state index in [-0.39, 0.29) is 0 Å². The van der Waals surface area contributed by atoms with Crippen molar-refractivity contribution in [3.63, 3.8) is 0 Å². The van der Waals surface area contributed by atoms with E-state index >= 15 is 0 Å². The van der Waals surface area contributed by atoms with Crippen LogP contribution in [-0.4, -0.2) is 104 Å². The lowest BCUT2D eigenvalue weighted by Gasteiger charge is -2.44. The second-order valence-corrected chi connectivity index (χ2v) is 5.51. The van der Waals surface area contributed by atoms with Gasteiger partial charge in [-0.2, -0.15) is 0 Å². The molecule has 2 saturated heterocycles. The topological polar surface area (TPSA) is 169 Å². The van der Waals surface area contributed by atoms with Crippen LogP contribution >= 0.6 is 0 Å². The lowest BCUT2D eigenvalue weighted by atomic mass is 9.97. The number of ether oxygens (including phenoxy) is 3. The van der Waals surface area contributed by atoms with Crippen LogP contribution < -0.4 is 0 Å². The molecule has 0 aromatic carbocycles. The molecule has 0 aromatic rings. The fourth-order valence-corrected chi connectivity index (χ4v) is 2.54. The van der Waals surface area contributed by atoms with Crippen molar-refractivity contribution in [2.24, 2.45) is 0 Å². The van der Waals surface area contributed by atoms with Crippen molar-refractivity contribution in [2.75, 3.05) is 6.61 Å². The van der Waals surface area contributed by atoms with Gasteiger partial charge in [-0.3, -0.25) is 0 Å². The molecule has 10 nitrogen and oxygen atoms in total. The maximum atomic E-state index is 9.92. The van der Waals surface area contributed by atoms with E-state index in [1.54, 1.807) is 0 Å².